The molecular formula is C13H9F3N4O. The highest BCUT2D eigenvalue weighted by molar-refractivity contribution is 5.67. The number of nitrogens with two attached hydrogens (primary N) is 1. The maximum atomic E-state index is 12.8. The van der Waals surface area contributed by atoms with Crippen LogP contribution < -0.4 is 5.73 Å². The third kappa shape index (κ3) is 2.35. The summed E-state index contributed by atoms with van der Waals surface area (Å²) in [4.78, 5) is 3.83. The van der Waals surface area contributed by atoms with Gasteiger partial charge in [0.2, 0.25) is 0 Å². The number of anilines is 1. The summed E-state index contributed by atoms with van der Waals surface area (Å²) < 4.78 is 39.3. The van der Waals surface area contributed by atoms with E-state index in [0.717, 1.165) is 10.6 Å². The van der Waals surface area contributed by atoms with Crippen LogP contribution in [-0.2, 0) is 6.18 Å². The molecule has 21 heavy (non-hydrogen) atoms. The summed E-state index contributed by atoms with van der Waals surface area (Å²) in [6, 6.07) is 8.28. The van der Waals surface area contributed by atoms with Crippen molar-refractivity contribution < 1.29 is 18.3 Å². The van der Waals surface area contributed by atoms with Crippen LogP contribution in [0.2, 0.25) is 0 Å². The first-order chi connectivity index (χ1) is 9.84. The fourth-order valence-electron chi connectivity index (χ4n) is 2.00. The van der Waals surface area contributed by atoms with Crippen LogP contribution in [0.1, 0.15) is 5.69 Å². The quantitative estimate of drug-likeness (QED) is 0.723. The largest absolute Gasteiger partial charge is 0.508 e. The Kier molecular flexibility index (Phi) is 2.75. The van der Waals surface area contributed by atoms with Crippen molar-refractivity contribution in [1.29, 1.82) is 0 Å². The second-order valence-electron chi connectivity index (χ2n) is 4.41. The summed E-state index contributed by atoms with van der Waals surface area (Å²) in [6.07, 6.45) is -4.57. The molecule has 0 atom stereocenters. The Labute approximate surface area is 116 Å². The summed E-state index contributed by atoms with van der Waals surface area (Å²) in [5.41, 5.74) is 5.34. The minimum Gasteiger partial charge on any atom is -0.508 e. The van der Waals surface area contributed by atoms with Crippen LogP contribution in [-0.4, -0.2) is 19.7 Å². The number of fused-ring (bicyclic) bond motifs is 1. The van der Waals surface area contributed by atoms with Crippen LogP contribution in [0.5, 0.6) is 5.75 Å². The maximum Gasteiger partial charge on any atom is 0.435 e. The summed E-state index contributed by atoms with van der Waals surface area (Å²) in [5, 5.41) is 13.0. The lowest BCUT2D eigenvalue weighted by atomic mass is 10.1. The molecule has 108 valence electrons. The lowest BCUT2D eigenvalue weighted by molar-refractivity contribution is -0.141. The van der Waals surface area contributed by atoms with Gasteiger partial charge in [0.05, 0.1) is 5.69 Å². The molecule has 0 saturated carbocycles. The number of hydrogen-bond donors (Lipinski definition) is 2. The first-order valence-electron chi connectivity index (χ1n) is 5.87. The molecule has 0 aliphatic heterocycles. The first kappa shape index (κ1) is 13.2. The van der Waals surface area contributed by atoms with Crippen LogP contribution in [0.4, 0.5) is 19.0 Å². The molecule has 2 aromatic heterocycles. The van der Waals surface area contributed by atoms with E-state index < -0.39 is 11.9 Å². The van der Waals surface area contributed by atoms with Gasteiger partial charge in [0.15, 0.2) is 11.3 Å². The van der Waals surface area contributed by atoms with Crippen LogP contribution in [0.25, 0.3) is 16.9 Å². The van der Waals surface area contributed by atoms with E-state index >= 15 is 0 Å². The topological polar surface area (TPSA) is 76.4 Å². The monoisotopic (exact) mass is 294 g/mol. The first-order valence-corrected chi connectivity index (χ1v) is 5.87. The molecule has 0 saturated heterocycles. The zero-order chi connectivity index (χ0) is 15.2. The van der Waals surface area contributed by atoms with Crippen molar-refractivity contribution in [2.45, 2.75) is 6.18 Å². The number of hydrogen-bond acceptors (Lipinski definition) is 4. The number of phenolic OH excluding ortho intramolecular Hbond substituents is 1. The standard InChI is InChI=1S/C13H9F3N4O/c14-13(15,16)10-6-12-18-11(17)5-9(20(12)19-10)7-2-1-3-8(21)4-7/h1-6,21H,(H2,17,18). The van der Waals surface area contributed by atoms with E-state index in [1.165, 1.54) is 18.2 Å². The van der Waals surface area contributed by atoms with Crippen LogP contribution in [0, 0.1) is 0 Å². The molecule has 1 aromatic carbocycles. The average molecular weight is 294 g/mol. The van der Waals surface area contributed by atoms with Gasteiger partial charge < -0.3 is 10.8 Å². The lowest BCUT2D eigenvalue weighted by Gasteiger charge is -2.06. The number of aromatic nitrogens is 3. The Balaban J connectivity index is 2.29. The van der Waals surface area contributed by atoms with E-state index in [1.54, 1.807) is 12.1 Å². The Morgan fingerprint density at radius 2 is 1.90 bits per heavy atom. The molecule has 0 bridgehead atoms. The molecule has 3 N–H and O–H groups in total. The SMILES string of the molecule is Nc1cc(-c2cccc(O)c2)n2nc(C(F)(F)F)cc2n1. The zero-order valence-corrected chi connectivity index (χ0v) is 10.5. The molecule has 0 spiro atoms. The molecule has 3 rings (SSSR count). The zero-order valence-electron chi connectivity index (χ0n) is 10.5. The minimum atomic E-state index is -4.57. The smallest absolute Gasteiger partial charge is 0.435 e. The fraction of sp³-hybridized carbons (Fsp3) is 0.0769. The van der Waals surface area contributed by atoms with Gasteiger partial charge in [0.25, 0.3) is 0 Å². The number of nitrogens with zero attached hydrogens (tertiary/aromatic N) is 3. The highest BCUT2D eigenvalue weighted by Crippen LogP contribution is 2.31. The van der Waals surface area contributed by atoms with E-state index in [2.05, 4.69) is 10.1 Å². The Morgan fingerprint density at radius 1 is 1.14 bits per heavy atom. The van der Waals surface area contributed by atoms with Gasteiger partial charge >= 0.3 is 6.18 Å². The highest BCUT2D eigenvalue weighted by atomic mass is 19.4. The van der Waals surface area contributed by atoms with Gasteiger partial charge in [-0.05, 0) is 12.1 Å². The minimum absolute atomic E-state index is 0.0133. The third-order valence-corrected chi connectivity index (χ3v) is 2.88. The molecule has 0 unspecified atom stereocenters. The lowest BCUT2D eigenvalue weighted by Crippen LogP contribution is -2.06. The van der Waals surface area contributed by atoms with E-state index in [1.807, 2.05) is 0 Å². The highest BCUT2D eigenvalue weighted by Gasteiger charge is 2.34. The van der Waals surface area contributed by atoms with Crippen molar-refractivity contribution in [2.75, 3.05) is 5.73 Å². The van der Waals surface area contributed by atoms with Gasteiger partial charge in [0.1, 0.15) is 11.6 Å². The van der Waals surface area contributed by atoms with Gasteiger partial charge in [0, 0.05) is 17.7 Å². The Morgan fingerprint density at radius 3 is 2.57 bits per heavy atom. The Bertz CT molecular complexity index is 826. The second-order valence-corrected chi connectivity index (χ2v) is 4.41. The van der Waals surface area contributed by atoms with Crippen molar-refractivity contribution in [3.8, 4) is 17.0 Å². The second kappa shape index (κ2) is 4.37. The number of benzene rings is 1. The number of rotatable bonds is 1. The van der Waals surface area contributed by atoms with Crippen LogP contribution in [0.15, 0.2) is 36.4 Å². The predicted octanol–water partition coefficient (Wildman–Crippen LogP) is 2.70. The van der Waals surface area contributed by atoms with Crippen LogP contribution >= 0.6 is 0 Å². The van der Waals surface area contributed by atoms with Gasteiger partial charge in [-0.1, -0.05) is 12.1 Å². The number of alkyl halides is 3. The molecule has 0 amide bonds. The molecule has 3 aromatic rings. The summed E-state index contributed by atoms with van der Waals surface area (Å²) in [5.74, 6) is 0.0497. The number of halogens is 3. The van der Waals surface area contributed by atoms with E-state index in [-0.39, 0.29) is 17.2 Å². The van der Waals surface area contributed by atoms with Gasteiger partial charge in [-0.3, -0.25) is 0 Å². The van der Waals surface area contributed by atoms with E-state index in [0.29, 0.717) is 11.3 Å². The van der Waals surface area contributed by atoms with E-state index in [4.69, 9.17) is 5.73 Å². The molecule has 5 nitrogen and oxygen atoms in total. The van der Waals surface area contributed by atoms with Crippen LogP contribution in [0.3, 0.4) is 0 Å². The molecule has 0 aliphatic carbocycles. The number of aromatic hydroxyl groups is 1. The molecule has 0 aliphatic rings. The van der Waals surface area contributed by atoms with Gasteiger partial charge in [-0.15, -0.1) is 0 Å². The van der Waals surface area contributed by atoms with Crippen molar-refractivity contribution >= 4 is 11.5 Å². The predicted molar refractivity (Wildman–Crippen MR) is 69.5 cm³/mol. The third-order valence-electron chi connectivity index (χ3n) is 2.88. The molecule has 8 heteroatoms. The van der Waals surface area contributed by atoms with Gasteiger partial charge in [-0.25, -0.2) is 9.50 Å². The summed E-state index contributed by atoms with van der Waals surface area (Å²) >= 11 is 0. The van der Waals surface area contributed by atoms with Crippen molar-refractivity contribution in [3.05, 3.63) is 42.1 Å². The number of phenols is 1. The molecule has 0 fully saturated rings. The van der Waals surface area contributed by atoms with Crippen molar-refractivity contribution in [2.24, 2.45) is 0 Å². The van der Waals surface area contributed by atoms with E-state index in [9.17, 15) is 18.3 Å². The fourth-order valence-corrected chi connectivity index (χ4v) is 2.00. The molecule has 0 radical (unpaired) electrons. The van der Waals surface area contributed by atoms with Crippen molar-refractivity contribution in [3.63, 3.8) is 0 Å². The average Bonchev–Trinajstić information content (AvgIpc) is 2.81. The summed E-state index contributed by atoms with van der Waals surface area (Å²) in [7, 11) is 0. The normalized spacial score (nSPS) is 12.0. The van der Waals surface area contributed by atoms with Gasteiger partial charge in [-0.2, -0.15) is 18.3 Å². The van der Waals surface area contributed by atoms with Crippen molar-refractivity contribution in [1.82, 2.24) is 14.6 Å². The number of nitrogen functional groups attached to an aromatic ring is 1. The molecule has 2 heterocycles. The molecular weight excluding hydrogens is 285 g/mol. The Hall–Kier alpha value is -2.77. The summed E-state index contributed by atoms with van der Waals surface area (Å²) in [6.45, 7) is 0. The maximum absolute atomic E-state index is 12.8.